The lowest BCUT2D eigenvalue weighted by Gasteiger charge is -2.24. The summed E-state index contributed by atoms with van der Waals surface area (Å²) >= 11 is 12.7. The molecule has 0 fully saturated rings. The fraction of sp³-hybridized carbons (Fsp3) is 0.0714. The molecule has 0 saturated carbocycles. The van der Waals surface area contributed by atoms with Gasteiger partial charge in [-0.1, -0.05) is 83.9 Å². The van der Waals surface area contributed by atoms with Crippen LogP contribution in [0.1, 0.15) is 43.0 Å². The second-order valence-corrected chi connectivity index (χ2v) is 8.61. The van der Waals surface area contributed by atoms with E-state index in [1.54, 1.807) is 12.1 Å². The van der Waals surface area contributed by atoms with Crippen molar-refractivity contribution >= 4 is 34.8 Å². The molecule has 0 amide bonds. The highest BCUT2D eigenvalue weighted by Gasteiger charge is 2.38. The molecule has 0 unspecified atom stereocenters. The maximum Gasteiger partial charge on any atom is 0.199 e. The lowest BCUT2D eigenvalue weighted by Crippen LogP contribution is -2.24. The lowest BCUT2D eigenvalue weighted by molar-refractivity contribution is 0.0971. The summed E-state index contributed by atoms with van der Waals surface area (Å²) in [6.07, 6.45) is 0. The minimum atomic E-state index is -0.426. The number of benzene rings is 4. The SMILES string of the molecule is O=C1c2c(Cl)ccc(Cl)c2C(=O)c2c(OCc3ccccc3)ccc(OCc3ccccc3)c21. The molecule has 4 nitrogen and oxygen atoms in total. The van der Waals surface area contributed by atoms with Gasteiger partial charge in [0.15, 0.2) is 11.6 Å². The van der Waals surface area contributed by atoms with E-state index in [-0.39, 0.29) is 57.0 Å². The van der Waals surface area contributed by atoms with E-state index in [0.29, 0.717) is 0 Å². The number of ketones is 2. The Hall–Kier alpha value is -3.60. The molecular formula is C28H18Cl2O4. The summed E-state index contributed by atoms with van der Waals surface area (Å²) in [5, 5.41) is 0.320. The third kappa shape index (κ3) is 4.07. The summed E-state index contributed by atoms with van der Waals surface area (Å²) in [4.78, 5) is 27.3. The van der Waals surface area contributed by atoms with Crippen LogP contribution in [0.25, 0.3) is 0 Å². The molecule has 34 heavy (non-hydrogen) atoms. The Balaban J connectivity index is 1.60. The van der Waals surface area contributed by atoms with Crippen LogP contribution < -0.4 is 9.47 Å². The van der Waals surface area contributed by atoms with Crippen molar-refractivity contribution in [1.82, 2.24) is 0 Å². The second-order valence-electron chi connectivity index (χ2n) is 7.80. The van der Waals surface area contributed by atoms with Gasteiger partial charge in [0.1, 0.15) is 24.7 Å². The molecular weight excluding hydrogens is 471 g/mol. The smallest absolute Gasteiger partial charge is 0.199 e. The predicted molar refractivity (Wildman–Crippen MR) is 131 cm³/mol. The van der Waals surface area contributed by atoms with Gasteiger partial charge >= 0.3 is 0 Å². The molecule has 1 aliphatic rings. The number of fused-ring (bicyclic) bond motifs is 2. The normalized spacial score (nSPS) is 12.2. The van der Waals surface area contributed by atoms with Crippen molar-refractivity contribution in [2.45, 2.75) is 13.2 Å². The average Bonchev–Trinajstić information content (AvgIpc) is 2.87. The molecule has 0 saturated heterocycles. The molecule has 4 aromatic rings. The van der Waals surface area contributed by atoms with Crippen molar-refractivity contribution < 1.29 is 19.1 Å². The van der Waals surface area contributed by atoms with E-state index in [1.807, 2.05) is 60.7 Å². The van der Waals surface area contributed by atoms with E-state index in [2.05, 4.69) is 0 Å². The summed E-state index contributed by atoms with van der Waals surface area (Å²) in [6.45, 7) is 0.463. The zero-order valence-electron chi connectivity index (χ0n) is 17.9. The maximum atomic E-state index is 13.7. The third-order valence-corrected chi connectivity index (χ3v) is 6.25. The maximum absolute atomic E-state index is 13.7. The van der Waals surface area contributed by atoms with Crippen LogP contribution >= 0.6 is 23.2 Å². The number of hydrogen-bond acceptors (Lipinski definition) is 4. The highest BCUT2D eigenvalue weighted by atomic mass is 35.5. The molecule has 0 N–H and O–H groups in total. The molecule has 0 atom stereocenters. The van der Waals surface area contributed by atoms with Gasteiger partial charge in [0.25, 0.3) is 0 Å². The van der Waals surface area contributed by atoms with Crippen LogP contribution in [0.2, 0.25) is 10.0 Å². The molecule has 6 heteroatoms. The van der Waals surface area contributed by atoms with E-state index >= 15 is 0 Å². The summed E-state index contributed by atoms with van der Waals surface area (Å²) in [7, 11) is 0. The first kappa shape index (κ1) is 22.2. The van der Waals surface area contributed by atoms with Gasteiger partial charge in [-0.25, -0.2) is 0 Å². The van der Waals surface area contributed by atoms with Crippen LogP contribution in [0.5, 0.6) is 11.5 Å². The Bertz CT molecular complexity index is 1290. The molecule has 0 radical (unpaired) electrons. The molecule has 1 aliphatic carbocycles. The quantitative estimate of drug-likeness (QED) is 0.260. The lowest BCUT2D eigenvalue weighted by atomic mass is 9.83. The Kier molecular flexibility index (Phi) is 6.10. The van der Waals surface area contributed by atoms with Gasteiger partial charge in [-0.3, -0.25) is 9.59 Å². The Morgan fingerprint density at radius 3 is 1.26 bits per heavy atom. The largest absolute Gasteiger partial charge is 0.488 e. The Morgan fingerprint density at radius 2 is 0.882 bits per heavy atom. The van der Waals surface area contributed by atoms with Crippen LogP contribution in [0.15, 0.2) is 84.9 Å². The standard InChI is InChI=1S/C28H18Cl2O4/c29-19-11-12-20(30)24-23(19)27(31)25-21(33-15-17-7-3-1-4-8-17)13-14-22(26(25)28(24)32)34-16-18-9-5-2-6-10-18/h1-14H,15-16H2. The highest BCUT2D eigenvalue weighted by molar-refractivity contribution is 6.44. The van der Waals surface area contributed by atoms with Gasteiger partial charge in [-0.15, -0.1) is 0 Å². The number of rotatable bonds is 6. The first-order valence-corrected chi connectivity index (χ1v) is 11.4. The Morgan fingerprint density at radius 1 is 0.500 bits per heavy atom. The van der Waals surface area contributed by atoms with Crippen LogP contribution in [-0.4, -0.2) is 11.6 Å². The van der Waals surface area contributed by atoms with Gasteiger partial charge < -0.3 is 9.47 Å². The fourth-order valence-electron chi connectivity index (χ4n) is 3.97. The molecule has 0 bridgehead atoms. The molecule has 0 aromatic heterocycles. The minimum Gasteiger partial charge on any atom is -0.488 e. The molecule has 0 aliphatic heterocycles. The van der Waals surface area contributed by atoms with Crippen molar-refractivity contribution in [1.29, 1.82) is 0 Å². The van der Waals surface area contributed by atoms with Crippen LogP contribution in [0.3, 0.4) is 0 Å². The predicted octanol–water partition coefficient (Wildman–Crippen LogP) is 6.93. The summed E-state index contributed by atoms with van der Waals surface area (Å²) in [6, 6.07) is 25.4. The molecule has 168 valence electrons. The summed E-state index contributed by atoms with van der Waals surface area (Å²) < 4.78 is 12.0. The number of ether oxygens (including phenoxy) is 2. The van der Waals surface area contributed by atoms with E-state index in [0.717, 1.165) is 11.1 Å². The zero-order chi connectivity index (χ0) is 23.7. The van der Waals surface area contributed by atoms with Crippen molar-refractivity contribution in [3.05, 3.63) is 128 Å². The second kappa shape index (κ2) is 9.34. The van der Waals surface area contributed by atoms with E-state index in [4.69, 9.17) is 32.7 Å². The number of hydrogen-bond donors (Lipinski definition) is 0. The first-order valence-electron chi connectivity index (χ1n) is 10.6. The van der Waals surface area contributed by atoms with Gasteiger partial charge in [-0.05, 0) is 35.4 Å². The third-order valence-electron chi connectivity index (χ3n) is 5.62. The van der Waals surface area contributed by atoms with Crippen LogP contribution in [0, 0.1) is 0 Å². The van der Waals surface area contributed by atoms with Crippen LogP contribution in [0.4, 0.5) is 0 Å². The minimum absolute atomic E-state index is 0.0800. The molecule has 0 heterocycles. The summed E-state index contributed by atoms with van der Waals surface area (Å²) in [5.41, 5.74) is 2.27. The molecule has 0 spiro atoms. The molecule has 5 rings (SSSR count). The van der Waals surface area contributed by atoms with Gasteiger partial charge in [0.2, 0.25) is 0 Å². The van der Waals surface area contributed by atoms with E-state index in [1.165, 1.54) is 12.1 Å². The zero-order valence-corrected chi connectivity index (χ0v) is 19.4. The van der Waals surface area contributed by atoms with E-state index in [9.17, 15) is 9.59 Å². The Labute approximate surface area is 206 Å². The van der Waals surface area contributed by atoms with Crippen molar-refractivity contribution in [2.75, 3.05) is 0 Å². The van der Waals surface area contributed by atoms with Crippen LogP contribution in [-0.2, 0) is 13.2 Å². The highest BCUT2D eigenvalue weighted by Crippen LogP contribution is 2.43. The summed E-state index contributed by atoms with van der Waals surface area (Å²) in [5.74, 6) is -0.285. The fourth-order valence-corrected chi connectivity index (χ4v) is 4.46. The number of carbonyl (C=O) groups excluding carboxylic acids is 2. The number of carbonyl (C=O) groups is 2. The number of halogens is 2. The van der Waals surface area contributed by atoms with Gasteiger partial charge in [0.05, 0.1) is 32.3 Å². The van der Waals surface area contributed by atoms with Crippen molar-refractivity contribution in [3.8, 4) is 11.5 Å². The van der Waals surface area contributed by atoms with Gasteiger partial charge in [-0.2, -0.15) is 0 Å². The van der Waals surface area contributed by atoms with Crippen molar-refractivity contribution in [2.24, 2.45) is 0 Å². The molecule has 4 aromatic carbocycles. The van der Waals surface area contributed by atoms with E-state index < -0.39 is 11.6 Å². The van der Waals surface area contributed by atoms with Crippen molar-refractivity contribution in [3.63, 3.8) is 0 Å². The van der Waals surface area contributed by atoms with Gasteiger partial charge in [0, 0.05) is 0 Å². The average molecular weight is 489 g/mol. The topological polar surface area (TPSA) is 52.6 Å². The first-order chi connectivity index (χ1) is 16.5. The monoisotopic (exact) mass is 488 g/mol.